The molecular formula is C28H28Hf3O28P8. The summed E-state index contributed by atoms with van der Waals surface area (Å²) >= 11 is 0. The zero-order valence-corrected chi connectivity index (χ0v) is 50.5. The molecule has 0 saturated carbocycles. The summed E-state index contributed by atoms with van der Waals surface area (Å²) in [6.07, 6.45) is 0. The number of rotatable bonds is 16. The molecule has 4 rings (SSSR count). The molecule has 28 nitrogen and oxygen atoms in total. The van der Waals surface area contributed by atoms with Crippen molar-refractivity contribution >= 4 is 60.8 Å². The molecule has 0 spiro atoms. The minimum absolute atomic E-state index is 0. The van der Waals surface area contributed by atoms with Crippen LogP contribution in [0.5, 0.6) is 23.0 Å². The molecule has 360 valence electrons. The van der Waals surface area contributed by atoms with Crippen LogP contribution in [0.25, 0.3) is 0 Å². The summed E-state index contributed by atoms with van der Waals surface area (Å²) in [5, 5.41) is 35.1. The van der Waals surface area contributed by atoms with Crippen LogP contribution >= 0.6 is 60.8 Å². The normalized spacial score (nSPS) is 16.7. The van der Waals surface area contributed by atoms with E-state index in [0.717, 1.165) is 0 Å². The predicted octanol–water partition coefficient (Wildman–Crippen LogP) is -4.77. The van der Waals surface area contributed by atoms with Crippen molar-refractivity contribution < 1.29 is 211 Å². The molecule has 4 aromatic rings. The molecule has 67 heavy (non-hydrogen) atoms. The van der Waals surface area contributed by atoms with Gasteiger partial charge in [-0.15, -0.1) is 0 Å². The molecule has 4 N–H and O–H groups in total. The van der Waals surface area contributed by atoms with Crippen molar-refractivity contribution in [1.82, 2.24) is 0 Å². The van der Waals surface area contributed by atoms with Gasteiger partial charge in [0, 0.05) is 0 Å². The molecule has 0 heterocycles. The third-order valence-corrected chi connectivity index (χ3v) is 19.3. The fourth-order valence-corrected chi connectivity index (χ4v) is 11.5. The molecule has 0 bridgehead atoms. The molecule has 39 heteroatoms. The van der Waals surface area contributed by atoms with E-state index in [2.05, 4.69) is 18.1 Å². The summed E-state index contributed by atoms with van der Waals surface area (Å²) < 4.78 is 103. The smallest absolute Gasteiger partial charge is 0.809 e. The standard InChI is InChI=1S/4C7H10O7P2.3Hf/c4*8-7(15(9,10)11)16(12,13)14-6-4-2-1-3-5-6;;;/h4*1-5,7-8H,(H,12,13)(H2,9,10,11);;;/q;;;;3*+4/p-12. The monoisotopic (exact) mass is 1600 g/mol. The second-order valence-corrected chi connectivity index (χ2v) is 26.2. The SMILES string of the molecule is O=P([O-])([O-])C(O)P(=O)([O-])Oc1ccccc1.O=P([O-])([O-])C(O)P(=O)([O-])Oc1ccccc1.O=P([O-])([O-])C(O)P(=O)([O-])Oc1ccccc1.O=P([O-])([O-])C(O)P(=O)([O-])Oc1ccccc1.[Hf+4].[Hf+4].[Hf+4]. The van der Waals surface area contributed by atoms with Crippen LogP contribution in [0.4, 0.5) is 0 Å². The van der Waals surface area contributed by atoms with Crippen LogP contribution in [-0.4, -0.2) is 42.8 Å². The first kappa shape index (κ1) is 71.1. The minimum atomic E-state index is -5.66. The van der Waals surface area contributed by atoms with Crippen molar-refractivity contribution in [2.75, 3.05) is 0 Å². The Bertz CT molecular complexity index is 2120. The molecule has 0 fully saturated rings. The van der Waals surface area contributed by atoms with Crippen molar-refractivity contribution in [2.45, 2.75) is 22.3 Å². The molecule has 4 aromatic carbocycles. The summed E-state index contributed by atoms with van der Waals surface area (Å²) in [6, 6.07) is 27.7. The first-order valence-corrected chi connectivity index (χ1v) is 28.8. The summed E-state index contributed by atoms with van der Waals surface area (Å²) in [6.45, 7) is 0. The number of aliphatic hydroxyl groups is 4. The van der Waals surface area contributed by atoms with Gasteiger partial charge in [-0.2, -0.15) is 0 Å². The Kier molecular flexibility index (Phi) is 32.0. The van der Waals surface area contributed by atoms with Gasteiger partial charge in [0.1, 0.15) is 23.0 Å². The Balaban J connectivity index is -0.000000803. The quantitative estimate of drug-likeness (QED) is 0.0604. The number of benzene rings is 4. The first-order chi connectivity index (χ1) is 28.9. The number of aliphatic hydroxyl groups excluding tert-OH is 4. The molecule has 0 amide bonds. The van der Waals surface area contributed by atoms with Crippen LogP contribution in [0.3, 0.4) is 0 Å². The van der Waals surface area contributed by atoms with E-state index in [-0.39, 0.29) is 101 Å². The second-order valence-electron chi connectivity index (χ2n) is 11.3. The van der Waals surface area contributed by atoms with Crippen LogP contribution in [0.1, 0.15) is 0 Å². The fraction of sp³-hybridized carbons (Fsp3) is 0.143. The topological polar surface area (TPSA) is 531 Å². The average Bonchev–Trinajstić information content (AvgIpc) is 3.17. The first-order valence-electron chi connectivity index (χ1n) is 15.9. The zero-order valence-electron chi connectivity index (χ0n) is 32.5. The van der Waals surface area contributed by atoms with Gasteiger partial charge in [-0.3, -0.25) is 18.3 Å². The zero-order chi connectivity index (χ0) is 49.6. The maximum Gasteiger partial charge on any atom is 4.00 e. The summed E-state index contributed by atoms with van der Waals surface area (Å²) in [5.74, 6) is -0.747. The number of para-hydroxylation sites is 4. The Labute approximate surface area is 435 Å². The van der Waals surface area contributed by atoms with Crippen molar-refractivity contribution in [3.05, 3.63) is 121 Å². The van der Waals surface area contributed by atoms with E-state index in [1.54, 1.807) is 24.3 Å². The van der Waals surface area contributed by atoms with E-state index in [0.29, 0.717) is 0 Å². The molecule has 0 aromatic heterocycles. The summed E-state index contributed by atoms with van der Waals surface area (Å²) in [5.41, 5.74) is -12.3. The summed E-state index contributed by atoms with van der Waals surface area (Å²) in [7, 11) is -43.5. The van der Waals surface area contributed by atoms with Gasteiger partial charge in [0.15, 0.2) is 22.3 Å². The van der Waals surface area contributed by atoms with Crippen LogP contribution in [0, 0.1) is 0 Å². The largest absolute Gasteiger partial charge is 4.00 e. The van der Waals surface area contributed by atoms with E-state index in [1.165, 1.54) is 97.1 Å². The van der Waals surface area contributed by atoms with E-state index in [9.17, 15) is 95.2 Å². The van der Waals surface area contributed by atoms with E-state index in [1.807, 2.05) is 0 Å². The van der Waals surface area contributed by atoms with Crippen molar-refractivity contribution in [3.63, 3.8) is 0 Å². The van der Waals surface area contributed by atoms with Crippen LogP contribution in [-0.2, 0) is 114 Å². The van der Waals surface area contributed by atoms with Crippen LogP contribution in [0.2, 0.25) is 0 Å². The third-order valence-electron chi connectivity index (χ3n) is 6.17. The van der Waals surface area contributed by atoms with Crippen molar-refractivity contribution in [3.8, 4) is 23.0 Å². The van der Waals surface area contributed by atoms with Gasteiger partial charge in [0.05, 0.1) is 0 Å². The second kappa shape index (κ2) is 30.2. The maximum absolute atomic E-state index is 11.1. The molecule has 0 radical (unpaired) electrons. The minimum Gasteiger partial charge on any atom is -0.809 e. The Morgan fingerprint density at radius 3 is 0.507 bits per heavy atom. The number of hydrogen-bond acceptors (Lipinski definition) is 28. The maximum atomic E-state index is 11.1. The van der Waals surface area contributed by atoms with E-state index >= 15 is 0 Å². The fourth-order valence-electron chi connectivity index (χ4n) is 3.39. The molecule has 8 atom stereocenters. The van der Waals surface area contributed by atoms with Gasteiger partial charge >= 0.3 is 77.5 Å². The Hall–Kier alpha value is -0.110. The average molecular weight is 1600 g/mol. The molecule has 0 aliphatic carbocycles. The van der Waals surface area contributed by atoms with Gasteiger partial charge in [0.2, 0.25) is 30.4 Å². The molecule has 0 aliphatic rings. The molecule has 0 saturated heterocycles. The van der Waals surface area contributed by atoms with Crippen LogP contribution < -0.4 is 76.8 Å². The van der Waals surface area contributed by atoms with Gasteiger partial charge in [-0.25, -0.2) is 0 Å². The van der Waals surface area contributed by atoms with Gasteiger partial charge < -0.3 is 116 Å². The van der Waals surface area contributed by atoms with Gasteiger partial charge in [-0.1, -0.05) is 72.8 Å². The van der Waals surface area contributed by atoms with E-state index in [4.69, 9.17) is 20.4 Å². The Morgan fingerprint density at radius 2 is 0.403 bits per heavy atom. The summed E-state index contributed by atoms with van der Waals surface area (Å²) in [4.78, 5) is 127. The van der Waals surface area contributed by atoms with Crippen molar-refractivity contribution in [2.24, 2.45) is 0 Å². The number of hydrogen-bond donors (Lipinski definition) is 4. The van der Waals surface area contributed by atoms with Gasteiger partial charge in [-0.05, 0) is 78.9 Å². The third kappa shape index (κ3) is 27.0. The van der Waals surface area contributed by atoms with Crippen molar-refractivity contribution in [1.29, 1.82) is 0 Å². The predicted molar refractivity (Wildman–Crippen MR) is 193 cm³/mol. The van der Waals surface area contributed by atoms with Gasteiger partial charge in [0.25, 0.3) is 0 Å². The molecule has 0 aliphatic heterocycles. The van der Waals surface area contributed by atoms with E-state index < -0.39 is 83.1 Å². The molecule has 8 unspecified atom stereocenters. The molecular weight excluding hydrogens is 1570 g/mol. The van der Waals surface area contributed by atoms with Crippen LogP contribution in [0.15, 0.2) is 121 Å². The Morgan fingerprint density at radius 1 is 0.284 bits per heavy atom.